The van der Waals surface area contributed by atoms with E-state index in [9.17, 15) is 12.8 Å². The van der Waals surface area contributed by atoms with E-state index in [2.05, 4.69) is 20.7 Å². The number of rotatable bonds is 3. The minimum Gasteiger partial charge on any atom is -0.398 e. The van der Waals surface area contributed by atoms with Gasteiger partial charge in [0, 0.05) is 6.04 Å². The van der Waals surface area contributed by atoms with E-state index in [1.54, 1.807) is 0 Å². The van der Waals surface area contributed by atoms with Crippen LogP contribution in [0, 0.1) is 5.82 Å². The van der Waals surface area contributed by atoms with Gasteiger partial charge in [-0.15, -0.1) is 0 Å². The molecule has 0 saturated heterocycles. The lowest BCUT2D eigenvalue weighted by atomic mass is 9.97. The molecule has 7 heteroatoms. The molecule has 0 atom stereocenters. The van der Waals surface area contributed by atoms with E-state index >= 15 is 0 Å². The summed E-state index contributed by atoms with van der Waals surface area (Å²) < 4.78 is 41.1. The van der Waals surface area contributed by atoms with E-state index < -0.39 is 15.8 Å². The van der Waals surface area contributed by atoms with Crippen molar-refractivity contribution in [1.29, 1.82) is 0 Å². The fraction of sp³-hybridized carbons (Fsp3) is 0.571. The van der Waals surface area contributed by atoms with Crippen molar-refractivity contribution in [2.75, 3.05) is 5.73 Å². The summed E-state index contributed by atoms with van der Waals surface area (Å²) in [5.41, 5.74) is 5.58. The van der Waals surface area contributed by atoms with Crippen molar-refractivity contribution >= 4 is 31.6 Å². The molecule has 118 valence electrons. The van der Waals surface area contributed by atoms with Crippen LogP contribution in [0.4, 0.5) is 10.1 Å². The van der Waals surface area contributed by atoms with Gasteiger partial charge in [0.25, 0.3) is 0 Å². The second-order valence-electron chi connectivity index (χ2n) is 5.47. The topological polar surface area (TPSA) is 72.2 Å². The molecule has 1 aliphatic rings. The Hall–Kier alpha value is -0.660. The lowest BCUT2D eigenvalue weighted by Gasteiger charge is -2.21. The predicted molar refractivity (Wildman–Crippen MR) is 84.9 cm³/mol. The van der Waals surface area contributed by atoms with Crippen molar-refractivity contribution in [3.63, 3.8) is 0 Å². The molecule has 0 bridgehead atoms. The number of halogens is 2. The van der Waals surface area contributed by atoms with Gasteiger partial charge in [-0.1, -0.05) is 32.1 Å². The Morgan fingerprint density at radius 3 is 2.33 bits per heavy atom. The molecule has 1 aromatic carbocycles. The zero-order valence-corrected chi connectivity index (χ0v) is 14.1. The van der Waals surface area contributed by atoms with Crippen LogP contribution in [-0.4, -0.2) is 14.5 Å². The lowest BCUT2D eigenvalue weighted by Crippen LogP contribution is -2.35. The summed E-state index contributed by atoms with van der Waals surface area (Å²) in [6.45, 7) is 0. The minimum absolute atomic E-state index is 0.0708. The summed E-state index contributed by atoms with van der Waals surface area (Å²) in [4.78, 5) is -0.0714. The quantitative estimate of drug-likeness (QED) is 0.789. The highest BCUT2D eigenvalue weighted by atomic mass is 79.9. The van der Waals surface area contributed by atoms with Crippen molar-refractivity contribution < 1.29 is 12.8 Å². The molecule has 0 spiro atoms. The van der Waals surface area contributed by atoms with Crippen molar-refractivity contribution in [3.8, 4) is 0 Å². The molecule has 3 N–H and O–H groups in total. The fourth-order valence-electron chi connectivity index (χ4n) is 2.63. The number of anilines is 1. The maximum Gasteiger partial charge on any atom is 0.242 e. The largest absolute Gasteiger partial charge is 0.398 e. The third-order valence-corrected chi connectivity index (χ3v) is 5.95. The molecule has 4 nitrogen and oxygen atoms in total. The zero-order valence-electron chi connectivity index (χ0n) is 11.7. The summed E-state index contributed by atoms with van der Waals surface area (Å²) in [6.07, 6.45) is 7.22. The zero-order chi connectivity index (χ0) is 15.5. The van der Waals surface area contributed by atoms with Crippen LogP contribution >= 0.6 is 15.9 Å². The van der Waals surface area contributed by atoms with Crippen LogP contribution in [0.25, 0.3) is 0 Å². The number of hydrogen-bond acceptors (Lipinski definition) is 3. The number of sulfonamides is 1. The molecular weight excluding hydrogens is 359 g/mol. The smallest absolute Gasteiger partial charge is 0.242 e. The first-order chi connectivity index (χ1) is 9.90. The first kappa shape index (κ1) is 16.7. The van der Waals surface area contributed by atoms with Crippen LogP contribution in [0.1, 0.15) is 44.9 Å². The lowest BCUT2D eigenvalue weighted by molar-refractivity contribution is 0.426. The average molecular weight is 379 g/mol. The third-order valence-electron chi connectivity index (χ3n) is 3.77. The summed E-state index contributed by atoms with van der Waals surface area (Å²) >= 11 is 3.00. The summed E-state index contributed by atoms with van der Waals surface area (Å²) in [7, 11) is -3.73. The molecule has 0 unspecified atom stereocenters. The molecule has 0 aliphatic heterocycles. The second kappa shape index (κ2) is 7.07. The predicted octanol–water partition coefficient (Wildman–Crippen LogP) is 3.56. The highest BCUT2D eigenvalue weighted by Crippen LogP contribution is 2.27. The summed E-state index contributed by atoms with van der Waals surface area (Å²) in [6, 6.07) is 2.17. The Labute approximate surface area is 133 Å². The molecule has 1 aromatic rings. The molecule has 0 amide bonds. The third kappa shape index (κ3) is 4.40. The van der Waals surface area contributed by atoms with Crippen LogP contribution in [-0.2, 0) is 10.0 Å². The maximum atomic E-state index is 13.4. The molecule has 0 radical (unpaired) electrons. The van der Waals surface area contributed by atoms with Gasteiger partial charge in [-0.2, -0.15) is 0 Å². The van der Waals surface area contributed by atoms with E-state index in [1.807, 2.05) is 0 Å². The van der Waals surface area contributed by atoms with Gasteiger partial charge in [0.2, 0.25) is 10.0 Å². The second-order valence-corrected chi connectivity index (χ2v) is 8.00. The van der Waals surface area contributed by atoms with E-state index in [0.717, 1.165) is 44.6 Å². The van der Waals surface area contributed by atoms with Gasteiger partial charge in [-0.3, -0.25) is 0 Å². The molecule has 1 aliphatic carbocycles. The van der Waals surface area contributed by atoms with E-state index in [-0.39, 0.29) is 21.1 Å². The molecule has 1 saturated carbocycles. The fourth-order valence-corrected chi connectivity index (χ4v) is 4.57. The first-order valence-electron chi connectivity index (χ1n) is 7.17. The molecule has 21 heavy (non-hydrogen) atoms. The number of benzene rings is 1. The standard InChI is InChI=1S/C14H20BrFN2O2S/c15-11-8-14(13(17)9-12(11)16)21(19,20)18-10-6-4-2-1-3-5-7-10/h8-10,18H,1-7,17H2. The van der Waals surface area contributed by atoms with Crippen LogP contribution in [0.3, 0.4) is 0 Å². The molecular formula is C14H20BrFN2O2S. The van der Waals surface area contributed by atoms with Crippen molar-refractivity contribution in [3.05, 3.63) is 22.4 Å². The van der Waals surface area contributed by atoms with Crippen LogP contribution in [0.2, 0.25) is 0 Å². The minimum atomic E-state index is -3.73. The number of hydrogen-bond donors (Lipinski definition) is 2. The molecule has 1 fully saturated rings. The Kier molecular flexibility index (Phi) is 5.62. The normalized spacial score (nSPS) is 18.2. The van der Waals surface area contributed by atoms with Gasteiger partial charge < -0.3 is 5.73 Å². The summed E-state index contributed by atoms with van der Waals surface area (Å²) in [5.74, 6) is -0.572. The Morgan fingerprint density at radius 2 is 1.71 bits per heavy atom. The Bertz CT molecular complexity index is 599. The van der Waals surface area contributed by atoms with Crippen molar-refractivity contribution in [2.45, 2.75) is 55.9 Å². The number of nitrogens with one attached hydrogen (secondary N) is 1. The van der Waals surface area contributed by atoms with Gasteiger partial charge in [0.1, 0.15) is 10.7 Å². The monoisotopic (exact) mass is 378 g/mol. The average Bonchev–Trinajstić information content (AvgIpc) is 2.36. The molecule has 2 rings (SSSR count). The van der Waals surface area contributed by atoms with Gasteiger partial charge in [-0.05, 0) is 40.9 Å². The van der Waals surface area contributed by atoms with Crippen molar-refractivity contribution in [2.24, 2.45) is 0 Å². The van der Waals surface area contributed by atoms with Gasteiger partial charge in [-0.25, -0.2) is 17.5 Å². The maximum absolute atomic E-state index is 13.4. The Morgan fingerprint density at radius 1 is 1.14 bits per heavy atom. The van der Waals surface area contributed by atoms with Gasteiger partial charge >= 0.3 is 0 Å². The van der Waals surface area contributed by atoms with E-state index in [0.29, 0.717) is 0 Å². The highest BCUT2D eigenvalue weighted by molar-refractivity contribution is 9.10. The SMILES string of the molecule is Nc1cc(F)c(Br)cc1S(=O)(=O)NC1CCCCCCC1. The van der Waals surface area contributed by atoms with Crippen LogP contribution < -0.4 is 10.5 Å². The number of nitrogen functional groups attached to an aromatic ring is 1. The highest BCUT2D eigenvalue weighted by Gasteiger charge is 2.23. The van der Waals surface area contributed by atoms with E-state index in [4.69, 9.17) is 5.73 Å². The van der Waals surface area contributed by atoms with Crippen molar-refractivity contribution in [1.82, 2.24) is 4.72 Å². The molecule has 0 heterocycles. The van der Waals surface area contributed by atoms with Gasteiger partial charge in [0.05, 0.1) is 10.2 Å². The van der Waals surface area contributed by atoms with Crippen LogP contribution in [0.5, 0.6) is 0 Å². The molecule has 0 aromatic heterocycles. The van der Waals surface area contributed by atoms with Gasteiger partial charge in [0.15, 0.2) is 0 Å². The van der Waals surface area contributed by atoms with E-state index in [1.165, 1.54) is 12.5 Å². The van der Waals surface area contributed by atoms with Crippen LogP contribution in [0.15, 0.2) is 21.5 Å². The number of nitrogens with two attached hydrogens (primary N) is 1. The summed E-state index contributed by atoms with van der Waals surface area (Å²) in [5, 5.41) is 0. The Balaban J connectivity index is 2.19. The first-order valence-corrected chi connectivity index (χ1v) is 9.44.